The number of aromatic nitrogens is 1. The number of amides is 2. The van der Waals surface area contributed by atoms with Gasteiger partial charge < -0.3 is 10.2 Å². The van der Waals surface area contributed by atoms with E-state index >= 15 is 0 Å². The Labute approximate surface area is 211 Å². The number of unbranched alkanes of at least 4 members (excludes halogenated alkanes) is 2. The third-order valence-corrected chi connectivity index (χ3v) is 11.1. The number of hydrogen-bond donors (Lipinski definition) is 1. The topological polar surface area (TPSA) is 62.3 Å². The lowest BCUT2D eigenvalue weighted by Gasteiger charge is -2.62. The van der Waals surface area contributed by atoms with Gasteiger partial charge in [0.25, 0.3) is 0 Å². The van der Waals surface area contributed by atoms with Gasteiger partial charge in [-0.1, -0.05) is 32.8 Å². The molecule has 192 valence electrons. The third-order valence-electron chi connectivity index (χ3n) is 11.1. The average Bonchev–Trinajstić information content (AvgIpc) is 3.18. The van der Waals surface area contributed by atoms with Crippen molar-refractivity contribution in [2.45, 2.75) is 103 Å². The van der Waals surface area contributed by atoms with Gasteiger partial charge in [-0.25, -0.2) is 4.98 Å². The Morgan fingerprint density at radius 3 is 2.66 bits per heavy atom. The van der Waals surface area contributed by atoms with Crippen LogP contribution in [0.2, 0.25) is 0 Å². The molecule has 1 saturated heterocycles. The number of nitrogens with zero attached hydrogens (tertiary/aromatic N) is 2. The highest BCUT2D eigenvalue weighted by molar-refractivity contribution is 5.89. The van der Waals surface area contributed by atoms with E-state index in [1.165, 1.54) is 51.4 Å². The van der Waals surface area contributed by atoms with Crippen molar-refractivity contribution in [2.75, 3.05) is 12.4 Å². The molecule has 3 aliphatic carbocycles. The monoisotopic (exact) mass is 479 g/mol. The summed E-state index contributed by atoms with van der Waals surface area (Å²) in [5.41, 5.74) is 0.817. The average molecular weight is 480 g/mol. The summed E-state index contributed by atoms with van der Waals surface area (Å²) in [5.74, 6) is 4.46. The number of carbonyl (C=O) groups is 2. The molecule has 4 aliphatic rings. The predicted octanol–water partition coefficient (Wildman–Crippen LogP) is 6.45. The Morgan fingerprint density at radius 1 is 1.03 bits per heavy atom. The highest BCUT2D eigenvalue weighted by Gasteiger charge is 2.60. The molecule has 1 N–H and O–H groups in total. The van der Waals surface area contributed by atoms with E-state index in [1.807, 2.05) is 18.2 Å². The Balaban J connectivity index is 1.12. The second kappa shape index (κ2) is 9.86. The maximum absolute atomic E-state index is 12.4. The molecule has 5 rings (SSSR count). The summed E-state index contributed by atoms with van der Waals surface area (Å²) in [7, 11) is 2.06. The molecule has 4 fully saturated rings. The van der Waals surface area contributed by atoms with Crippen LogP contribution in [-0.4, -0.2) is 34.8 Å². The number of nitrogens with one attached hydrogen (secondary N) is 1. The van der Waals surface area contributed by atoms with Crippen LogP contribution < -0.4 is 5.32 Å². The first-order chi connectivity index (χ1) is 16.8. The molecule has 5 heteroatoms. The van der Waals surface area contributed by atoms with E-state index < -0.39 is 0 Å². The number of anilines is 1. The van der Waals surface area contributed by atoms with Crippen LogP contribution in [0.25, 0.3) is 0 Å². The van der Waals surface area contributed by atoms with Crippen LogP contribution in [0.1, 0.15) is 97.3 Å². The van der Waals surface area contributed by atoms with Gasteiger partial charge in [-0.3, -0.25) is 9.59 Å². The lowest BCUT2D eigenvalue weighted by molar-refractivity contribution is -0.158. The van der Waals surface area contributed by atoms with Crippen molar-refractivity contribution in [3.8, 4) is 0 Å². The Bertz CT molecular complexity index is 919. The fourth-order valence-electron chi connectivity index (χ4n) is 9.23. The molecule has 2 amide bonds. The molecule has 7 atom stereocenters. The number of pyridine rings is 1. The zero-order valence-corrected chi connectivity index (χ0v) is 22.1. The molecule has 35 heavy (non-hydrogen) atoms. The number of hydrogen-bond acceptors (Lipinski definition) is 3. The molecule has 5 nitrogen and oxygen atoms in total. The van der Waals surface area contributed by atoms with Crippen LogP contribution in [-0.2, 0) is 9.59 Å². The minimum atomic E-state index is 0.0778. The summed E-state index contributed by atoms with van der Waals surface area (Å²) in [6, 6.07) is 6.05. The van der Waals surface area contributed by atoms with Gasteiger partial charge in [0.1, 0.15) is 5.82 Å². The first-order valence-electron chi connectivity index (χ1n) is 14.3. The summed E-state index contributed by atoms with van der Waals surface area (Å²) in [5, 5.41) is 2.90. The maximum atomic E-state index is 12.4. The van der Waals surface area contributed by atoms with E-state index in [4.69, 9.17) is 0 Å². The first-order valence-corrected chi connectivity index (χ1v) is 14.3. The zero-order chi connectivity index (χ0) is 24.6. The predicted molar refractivity (Wildman–Crippen MR) is 140 cm³/mol. The van der Waals surface area contributed by atoms with Gasteiger partial charge in [0.05, 0.1) is 0 Å². The molecule has 3 saturated carbocycles. The molecule has 0 bridgehead atoms. The standard InChI is InChI=1S/C30H45N3O2/c1-29-18-16-24-22(13-15-25-30(24,2)19-17-28(35)33(25)3)23(29)14-12-21(29)9-5-4-6-11-27(34)32-26-10-7-8-20-31-26/h7-8,10,20-25H,4-6,9,11-19H2,1-3H3,(H,31,32,34)/t21-,22-,23-,24-,25+,29+,30+/m0/s1. The molecule has 2 heterocycles. The van der Waals surface area contributed by atoms with Crippen LogP contribution in [0, 0.1) is 34.5 Å². The van der Waals surface area contributed by atoms with Crippen molar-refractivity contribution in [3.63, 3.8) is 0 Å². The minimum Gasteiger partial charge on any atom is -0.342 e. The molecule has 0 unspecified atom stereocenters. The zero-order valence-electron chi connectivity index (χ0n) is 22.1. The molecular formula is C30H45N3O2. The number of rotatable bonds is 7. The Kier molecular flexibility index (Phi) is 6.98. The summed E-state index contributed by atoms with van der Waals surface area (Å²) in [6.07, 6.45) is 16.9. The minimum absolute atomic E-state index is 0.0778. The summed E-state index contributed by atoms with van der Waals surface area (Å²) >= 11 is 0. The Hall–Kier alpha value is -1.91. The van der Waals surface area contributed by atoms with Crippen LogP contribution in [0.4, 0.5) is 5.82 Å². The lowest BCUT2D eigenvalue weighted by atomic mass is 9.46. The fraction of sp³-hybridized carbons (Fsp3) is 0.767. The summed E-state index contributed by atoms with van der Waals surface area (Å²) in [4.78, 5) is 30.9. The van der Waals surface area contributed by atoms with Gasteiger partial charge in [-0.2, -0.15) is 0 Å². The SMILES string of the molecule is CN1C(=O)CC[C@]2(C)[C@H]3CC[C@]4(C)[C@@H](CCCCCC(=O)Nc5ccccn5)CC[C@H]4[C@@H]3CC[C@@H]12. The second-order valence-corrected chi connectivity index (χ2v) is 12.7. The van der Waals surface area contributed by atoms with Gasteiger partial charge >= 0.3 is 0 Å². The van der Waals surface area contributed by atoms with Crippen molar-refractivity contribution in [1.29, 1.82) is 0 Å². The summed E-state index contributed by atoms with van der Waals surface area (Å²) in [6.45, 7) is 5.15. The molecule has 1 aliphatic heterocycles. The van der Waals surface area contributed by atoms with Crippen molar-refractivity contribution in [1.82, 2.24) is 9.88 Å². The van der Waals surface area contributed by atoms with E-state index in [0.29, 0.717) is 35.0 Å². The molecule has 0 spiro atoms. The van der Waals surface area contributed by atoms with Gasteiger partial charge in [0, 0.05) is 32.1 Å². The van der Waals surface area contributed by atoms with E-state index in [1.54, 1.807) is 6.20 Å². The van der Waals surface area contributed by atoms with E-state index in [9.17, 15) is 9.59 Å². The molecule has 1 aromatic rings. The van der Waals surface area contributed by atoms with Crippen molar-refractivity contribution in [3.05, 3.63) is 24.4 Å². The summed E-state index contributed by atoms with van der Waals surface area (Å²) < 4.78 is 0. The highest BCUT2D eigenvalue weighted by atomic mass is 16.2. The second-order valence-electron chi connectivity index (χ2n) is 12.7. The first kappa shape index (κ1) is 24.8. The van der Waals surface area contributed by atoms with E-state index in [2.05, 4.69) is 36.1 Å². The normalized spacial score (nSPS) is 38.4. The molecule has 0 aromatic carbocycles. The third kappa shape index (κ3) is 4.53. The van der Waals surface area contributed by atoms with Crippen molar-refractivity contribution in [2.24, 2.45) is 34.5 Å². The maximum Gasteiger partial charge on any atom is 0.225 e. The molecule has 0 radical (unpaired) electrons. The molecular weight excluding hydrogens is 434 g/mol. The largest absolute Gasteiger partial charge is 0.342 e. The number of fused-ring (bicyclic) bond motifs is 5. The van der Waals surface area contributed by atoms with Gasteiger partial charge in [0.2, 0.25) is 11.8 Å². The highest BCUT2D eigenvalue weighted by Crippen LogP contribution is 2.66. The van der Waals surface area contributed by atoms with Crippen LogP contribution in [0.15, 0.2) is 24.4 Å². The van der Waals surface area contributed by atoms with Crippen LogP contribution >= 0.6 is 0 Å². The smallest absolute Gasteiger partial charge is 0.225 e. The van der Waals surface area contributed by atoms with Crippen LogP contribution in [0.3, 0.4) is 0 Å². The number of carbonyl (C=O) groups excluding carboxylic acids is 2. The Morgan fingerprint density at radius 2 is 1.86 bits per heavy atom. The fourth-order valence-corrected chi connectivity index (χ4v) is 9.23. The molecule has 1 aromatic heterocycles. The van der Waals surface area contributed by atoms with Gasteiger partial charge in [-0.05, 0) is 104 Å². The van der Waals surface area contributed by atoms with Gasteiger partial charge in [0.15, 0.2) is 0 Å². The number of likely N-dealkylation sites (tertiary alicyclic amines) is 1. The quantitative estimate of drug-likeness (QED) is 0.457. The van der Waals surface area contributed by atoms with Gasteiger partial charge in [-0.15, -0.1) is 0 Å². The van der Waals surface area contributed by atoms with E-state index in [0.717, 1.165) is 49.4 Å². The lowest BCUT2D eigenvalue weighted by Crippen LogP contribution is -2.61. The van der Waals surface area contributed by atoms with Crippen molar-refractivity contribution >= 4 is 17.6 Å². The van der Waals surface area contributed by atoms with E-state index in [-0.39, 0.29) is 5.91 Å². The van der Waals surface area contributed by atoms with Crippen LogP contribution in [0.5, 0.6) is 0 Å². The van der Waals surface area contributed by atoms with Crippen molar-refractivity contribution < 1.29 is 9.59 Å². The number of piperidine rings is 1.